The lowest BCUT2D eigenvalue weighted by Crippen LogP contribution is -2.15. The number of aromatic nitrogens is 3. The normalized spacial score (nSPS) is 12.5. The van der Waals surface area contributed by atoms with Gasteiger partial charge in [0.2, 0.25) is 5.88 Å². The number of benzene rings is 1. The number of pyridine rings is 1. The molecule has 1 fully saturated rings. The number of aromatic amines is 1. The summed E-state index contributed by atoms with van der Waals surface area (Å²) < 4.78 is 18.6. The number of thioether (sulfide) groups is 1. The highest BCUT2D eigenvalue weighted by Gasteiger charge is 2.20. The van der Waals surface area contributed by atoms with Crippen LogP contribution in [0, 0.1) is 11.7 Å². The summed E-state index contributed by atoms with van der Waals surface area (Å²) in [6, 6.07) is 10.6. The fraction of sp³-hybridized carbons (Fsp3) is 0.409. The SMILES string of the molecule is CC.COc1nc(Cl)c(F)c2nc(SC)[nH]c(=O)c12.c1ccc(CNCC2CC2)cc1. The van der Waals surface area contributed by atoms with E-state index in [1.165, 1.54) is 43.8 Å². The third-order valence-corrected chi connectivity index (χ3v) is 5.22. The lowest BCUT2D eigenvalue weighted by atomic mass is 10.2. The van der Waals surface area contributed by atoms with Crippen molar-refractivity contribution in [1.29, 1.82) is 0 Å². The van der Waals surface area contributed by atoms with Crippen LogP contribution in [0.2, 0.25) is 5.15 Å². The number of nitrogens with one attached hydrogen (secondary N) is 2. The molecule has 31 heavy (non-hydrogen) atoms. The zero-order valence-corrected chi connectivity index (χ0v) is 19.7. The molecule has 4 rings (SSSR count). The van der Waals surface area contributed by atoms with Crippen LogP contribution in [-0.4, -0.2) is 34.9 Å². The van der Waals surface area contributed by atoms with Crippen molar-refractivity contribution in [3.8, 4) is 5.88 Å². The summed E-state index contributed by atoms with van der Waals surface area (Å²) in [4.78, 5) is 21.8. The quantitative estimate of drug-likeness (QED) is 0.300. The van der Waals surface area contributed by atoms with Crippen molar-refractivity contribution in [2.24, 2.45) is 5.92 Å². The van der Waals surface area contributed by atoms with Gasteiger partial charge in [-0.05, 0) is 37.1 Å². The van der Waals surface area contributed by atoms with Crippen molar-refractivity contribution >= 4 is 34.3 Å². The van der Waals surface area contributed by atoms with E-state index < -0.39 is 11.4 Å². The Bertz CT molecular complexity index is 1030. The van der Waals surface area contributed by atoms with Gasteiger partial charge < -0.3 is 15.0 Å². The van der Waals surface area contributed by atoms with Crippen molar-refractivity contribution in [2.45, 2.75) is 38.4 Å². The molecule has 1 aromatic carbocycles. The largest absolute Gasteiger partial charge is 0.480 e. The maximum Gasteiger partial charge on any atom is 0.265 e. The maximum atomic E-state index is 13.7. The van der Waals surface area contributed by atoms with Gasteiger partial charge in [0.05, 0.1) is 7.11 Å². The summed E-state index contributed by atoms with van der Waals surface area (Å²) in [5.74, 6) is 0.102. The summed E-state index contributed by atoms with van der Waals surface area (Å²) in [6.07, 6.45) is 4.58. The summed E-state index contributed by atoms with van der Waals surface area (Å²) in [7, 11) is 1.32. The lowest BCUT2D eigenvalue weighted by molar-refractivity contribution is 0.401. The first-order chi connectivity index (χ1) is 15.0. The first-order valence-electron chi connectivity index (χ1n) is 10.1. The van der Waals surface area contributed by atoms with Crippen molar-refractivity contribution in [3.63, 3.8) is 0 Å². The second kappa shape index (κ2) is 12.6. The molecule has 1 aliphatic rings. The van der Waals surface area contributed by atoms with Gasteiger partial charge in [-0.25, -0.2) is 9.37 Å². The smallest absolute Gasteiger partial charge is 0.265 e. The van der Waals surface area contributed by atoms with Gasteiger partial charge >= 0.3 is 0 Å². The van der Waals surface area contributed by atoms with Crippen LogP contribution in [0.25, 0.3) is 10.9 Å². The minimum Gasteiger partial charge on any atom is -0.480 e. The van der Waals surface area contributed by atoms with E-state index in [4.69, 9.17) is 16.3 Å². The van der Waals surface area contributed by atoms with E-state index in [0.717, 1.165) is 12.5 Å². The number of hydrogen-bond acceptors (Lipinski definition) is 6. The highest BCUT2D eigenvalue weighted by Crippen LogP contribution is 2.28. The van der Waals surface area contributed by atoms with Gasteiger partial charge in [-0.3, -0.25) is 4.79 Å². The number of hydrogen-bond donors (Lipinski definition) is 2. The average Bonchev–Trinajstić information content (AvgIpc) is 3.63. The summed E-state index contributed by atoms with van der Waals surface area (Å²) in [6.45, 7) is 6.23. The van der Waals surface area contributed by atoms with Crippen LogP contribution in [0.5, 0.6) is 5.88 Å². The molecule has 1 saturated carbocycles. The second-order valence-electron chi connectivity index (χ2n) is 6.58. The molecule has 0 radical (unpaired) electrons. The predicted molar refractivity (Wildman–Crippen MR) is 126 cm³/mol. The molecule has 0 amide bonds. The molecule has 2 N–H and O–H groups in total. The van der Waals surface area contributed by atoms with Gasteiger partial charge in [0.15, 0.2) is 16.1 Å². The minimum absolute atomic E-state index is 0.0483. The van der Waals surface area contributed by atoms with Crippen LogP contribution in [0.1, 0.15) is 32.3 Å². The molecule has 1 aliphatic carbocycles. The molecule has 168 valence electrons. The highest BCUT2D eigenvalue weighted by atomic mass is 35.5. The van der Waals surface area contributed by atoms with Crippen molar-refractivity contribution in [2.75, 3.05) is 19.9 Å². The summed E-state index contributed by atoms with van der Waals surface area (Å²) in [5, 5.41) is 3.34. The number of nitrogens with zero attached hydrogens (tertiary/aromatic N) is 2. The highest BCUT2D eigenvalue weighted by molar-refractivity contribution is 7.98. The lowest BCUT2D eigenvalue weighted by Gasteiger charge is -2.06. The van der Waals surface area contributed by atoms with E-state index in [0.29, 0.717) is 5.16 Å². The Balaban J connectivity index is 0.000000214. The zero-order chi connectivity index (χ0) is 22.8. The first-order valence-corrected chi connectivity index (χ1v) is 11.8. The Kier molecular flexibility index (Phi) is 10.2. The van der Waals surface area contributed by atoms with Crippen LogP contribution in [-0.2, 0) is 6.54 Å². The molecule has 0 aliphatic heterocycles. The van der Waals surface area contributed by atoms with Crippen LogP contribution < -0.4 is 15.6 Å². The van der Waals surface area contributed by atoms with Crippen molar-refractivity contribution in [3.05, 3.63) is 57.2 Å². The van der Waals surface area contributed by atoms with Gasteiger partial charge in [-0.2, -0.15) is 4.98 Å². The Morgan fingerprint density at radius 2 is 1.94 bits per heavy atom. The Labute approximate surface area is 191 Å². The van der Waals surface area contributed by atoms with Crippen molar-refractivity contribution < 1.29 is 9.13 Å². The molecule has 0 atom stereocenters. The van der Waals surface area contributed by atoms with Gasteiger partial charge in [-0.1, -0.05) is 67.5 Å². The molecule has 0 unspecified atom stereocenters. The van der Waals surface area contributed by atoms with Crippen LogP contribution in [0.15, 0.2) is 40.3 Å². The number of H-pyrrole nitrogens is 1. The maximum absolute atomic E-state index is 13.7. The standard InChI is InChI=1S/C11H15N.C9H7ClFN3O2S.C2H6/c1-2-4-10(5-3-1)8-12-9-11-6-7-11;1-16-8-3-5(4(11)6(10)13-8)12-9(17-2)14-7(3)15;1-2/h1-5,11-12H,6-9H2;1-2H3,(H,12,14,15);1-2H3. The van der Waals surface area contributed by atoms with Gasteiger partial charge in [-0.15, -0.1) is 0 Å². The Morgan fingerprint density at radius 3 is 2.52 bits per heavy atom. The molecule has 6 nitrogen and oxygen atoms in total. The fourth-order valence-corrected chi connectivity index (χ4v) is 3.23. The van der Waals surface area contributed by atoms with E-state index in [2.05, 4.69) is 50.6 Å². The first kappa shape index (κ1) is 25.1. The Morgan fingerprint density at radius 1 is 1.26 bits per heavy atom. The molecule has 0 spiro atoms. The zero-order valence-electron chi connectivity index (χ0n) is 18.2. The van der Waals surface area contributed by atoms with Gasteiger partial charge in [0.25, 0.3) is 5.56 Å². The van der Waals surface area contributed by atoms with Crippen LogP contribution in [0.4, 0.5) is 4.39 Å². The molecule has 3 aromatic rings. The number of fused-ring (bicyclic) bond motifs is 1. The molecule has 2 aromatic heterocycles. The fourth-order valence-electron chi connectivity index (χ4n) is 2.68. The summed E-state index contributed by atoms with van der Waals surface area (Å²) in [5.41, 5.74) is 0.729. The topological polar surface area (TPSA) is 79.9 Å². The monoisotopic (exact) mass is 466 g/mol. The molecule has 0 bridgehead atoms. The second-order valence-corrected chi connectivity index (χ2v) is 7.74. The van der Waals surface area contributed by atoms with Crippen LogP contribution >= 0.6 is 23.4 Å². The number of methoxy groups -OCH3 is 1. The number of halogens is 2. The van der Waals surface area contributed by atoms with Gasteiger partial charge in [0.1, 0.15) is 10.9 Å². The van der Waals surface area contributed by atoms with E-state index in [9.17, 15) is 9.18 Å². The molecular formula is C22H28ClFN4O2S. The average molecular weight is 467 g/mol. The predicted octanol–water partition coefficient (Wildman–Crippen LogP) is 5.05. The van der Waals surface area contributed by atoms with E-state index >= 15 is 0 Å². The molecule has 9 heteroatoms. The van der Waals surface area contributed by atoms with Crippen molar-refractivity contribution in [1.82, 2.24) is 20.3 Å². The van der Waals surface area contributed by atoms with E-state index in [1.807, 2.05) is 13.8 Å². The molecule has 0 saturated heterocycles. The summed E-state index contributed by atoms with van der Waals surface area (Å²) >= 11 is 6.78. The third kappa shape index (κ3) is 7.19. The Hall–Kier alpha value is -2.16. The van der Waals surface area contributed by atoms with Gasteiger partial charge in [0, 0.05) is 6.54 Å². The van der Waals surface area contributed by atoms with Crippen LogP contribution in [0.3, 0.4) is 0 Å². The molecular weight excluding hydrogens is 439 g/mol. The minimum atomic E-state index is -0.830. The third-order valence-electron chi connectivity index (χ3n) is 4.39. The number of ether oxygens (including phenoxy) is 1. The van der Waals surface area contributed by atoms with E-state index in [1.54, 1.807) is 6.26 Å². The molecule has 2 heterocycles. The number of rotatable bonds is 6. The van der Waals surface area contributed by atoms with E-state index in [-0.39, 0.29) is 21.9 Å².